The summed E-state index contributed by atoms with van der Waals surface area (Å²) in [4.78, 5) is 15.7. The number of carbonyl (C=O) groups is 1. The van der Waals surface area contributed by atoms with Crippen molar-refractivity contribution in [2.24, 2.45) is 4.99 Å². The predicted octanol–water partition coefficient (Wildman–Crippen LogP) is 0.518. The summed E-state index contributed by atoms with van der Waals surface area (Å²) >= 11 is 0. The van der Waals surface area contributed by atoms with Crippen molar-refractivity contribution in [1.29, 1.82) is 0 Å². The molecule has 1 atom stereocenters. The Hall–Kier alpha value is -2.44. The highest BCUT2D eigenvalue weighted by Gasteiger charge is 2.20. The van der Waals surface area contributed by atoms with Crippen molar-refractivity contribution < 1.29 is 14.3 Å². The van der Waals surface area contributed by atoms with Crippen LogP contribution < -0.4 is 25.4 Å². The van der Waals surface area contributed by atoms with Crippen molar-refractivity contribution in [3.8, 4) is 11.5 Å². The van der Waals surface area contributed by atoms with Gasteiger partial charge >= 0.3 is 0 Å². The first-order chi connectivity index (χ1) is 11.2. The van der Waals surface area contributed by atoms with E-state index in [1.54, 1.807) is 7.05 Å². The van der Waals surface area contributed by atoms with Gasteiger partial charge in [-0.1, -0.05) is 19.1 Å². The predicted molar refractivity (Wildman–Crippen MR) is 89.0 cm³/mol. The molecule has 23 heavy (non-hydrogen) atoms. The fourth-order valence-corrected chi connectivity index (χ4v) is 2.09. The van der Waals surface area contributed by atoms with E-state index in [-0.39, 0.29) is 18.6 Å². The molecule has 1 amide bonds. The van der Waals surface area contributed by atoms with Crippen LogP contribution in [0, 0.1) is 0 Å². The number of amides is 1. The number of hydrogen-bond donors (Lipinski definition) is 3. The third kappa shape index (κ3) is 5.36. The summed E-state index contributed by atoms with van der Waals surface area (Å²) in [5.74, 6) is 2.01. The molecule has 0 bridgehead atoms. The molecule has 0 aromatic heterocycles. The summed E-state index contributed by atoms with van der Waals surface area (Å²) < 4.78 is 11.5. The molecule has 126 valence electrons. The molecule has 1 unspecified atom stereocenters. The highest BCUT2D eigenvalue weighted by Crippen LogP contribution is 2.30. The average molecular weight is 320 g/mol. The lowest BCUT2D eigenvalue weighted by molar-refractivity contribution is -0.120. The molecule has 1 aromatic carbocycles. The Morgan fingerprint density at radius 3 is 2.78 bits per heavy atom. The van der Waals surface area contributed by atoms with Crippen LogP contribution >= 0.6 is 0 Å². The highest BCUT2D eigenvalue weighted by atomic mass is 16.6. The zero-order chi connectivity index (χ0) is 16.5. The normalized spacial score (nSPS) is 16.6. The van der Waals surface area contributed by atoms with E-state index < -0.39 is 0 Å². The Morgan fingerprint density at radius 2 is 2.04 bits per heavy atom. The van der Waals surface area contributed by atoms with E-state index in [4.69, 9.17) is 9.47 Å². The van der Waals surface area contributed by atoms with Gasteiger partial charge in [-0.25, -0.2) is 0 Å². The van der Waals surface area contributed by atoms with Gasteiger partial charge in [0.2, 0.25) is 5.91 Å². The average Bonchev–Trinajstić information content (AvgIpc) is 2.59. The molecule has 3 N–H and O–H groups in total. The Labute approximate surface area is 136 Å². The van der Waals surface area contributed by atoms with Crippen LogP contribution in [0.4, 0.5) is 0 Å². The minimum absolute atomic E-state index is 0.0547. The van der Waals surface area contributed by atoms with E-state index >= 15 is 0 Å². The number of benzene rings is 1. The summed E-state index contributed by atoms with van der Waals surface area (Å²) in [6.45, 7) is 3.88. The molecule has 2 rings (SSSR count). The molecule has 7 nitrogen and oxygen atoms in total. The highest BCUT2D eigenvalue weighted by molar-refractivity contribution is 5.86. The van der Waals surface area contributed by atoms with E-state index in [1.165, 1.54) is 0 Å². The van der Waals surface area contributed by atoms with Gasteiger partial charge < -0.3 is 25.4 Å². The standard InChI is InChI=1S/C16H24N4O3/c1-3-8-18-15(21)10-20-16(17-2)19-9-12-11-22-13-6-4-5-7-14(13)23-12/h4-7,12H,3,8-11H2,1-2H3,(H,18,21)(H2,17,19,20). The second-order valence-corrected chi connectivity index (χ2v) is 5.15. The van der Waals surface area contributed by atoms with E-state index in [0.717, 1.165) is 17.9 Å². The Morgan fingerprint density at radius 1 is 1.26 bits per heavy atom. The topological polar surface area (TPSA) is 84.0 Å². The third-order valence-electron chi connectivity index (χ3n) is 3.28. The van der Waals surface area contributed by atoms with E-state index in [0.29, 0.717) is 25.7 Å². The van der Waals surface area contributed by atoms with Crippen molar-refractivity contribution in [2.75, 3.05) is 33.3 Å². The molecular formula is C16H24N4O3. The number of carbonyl (C=O) groups excluding carboxylic acids is 1. The second kappa shape index (κ2) is 8.87. The fraction of sp³-hybridized carbons (Fsp3) is 0.500. The summed E-state index contributed by atoms with van der Waals surface area (Å²) in [5.41, 5.74) is 0. The lowest BCUT2D eigenvalue weighted by Crippen LogP contribution is -2.47. The van der Waals surface area contributed by atoms with Crippen LogP contribution in [-0.2, 0) is 4.79 Å². The summed E-state index contributed by atoms with van der Waals surface area (Å²) in [6, 6.07) is 7.59. The van der Waals surface area contributed by atoms with Gasteiger partial charge in [-0.3, -0.25) is 9.79 Å². The van der Waals surface area contributed by atoms with Gasteiger partial charge in [-0.05, 0) is 18.6 Å². The lowest BCUT2D eigenvalue weighted by Gasteiger charge is -2.27. The number of guanidine groups is 1. The third-order valence-corrected chi connectivity index (χ3v) is 3.28. The fourth-order valence-electron chi connectivity index (χ4n) is 2.09. The van der Waals surface area contributed by atoms with Crippen molar-refractivity contribution in [2.45, 2.75) is 19.4 Å². The Kier molecular flexibility index (Phi) is 6.53. The molecule has 0 saturated carbocycles. The molecule has 0 radical (unpaired) electrons. The number of nitrogens with one attached hydrogen (secondary N) is 3. The SMILES string of the molecule is CCCNC(=O)CNC(=NC)NCC1COc2ccccc2O1. The van der Waals surface area contributed by atoms with Crippen LogP contribution in [0.15, 0.2) is 29.3 Å². The zero-order valence-corrected chi connectivity index (χ0v) is 13.6. The molecule has 1 aromatic rings. The molecule has 0 saturated heterocycles. The van der Waals surface area contributed by atoms with Crippen LogP contribution in [0.25, 0.3) is 0 Å². The van der Waals surface area contributed by atoms with Crippen molar-refractivity contribution in [3.63, 3.8) is 0 Å². The van der Waals surface area contributed by atoms with Gasteiger partial charge in [0, 0.05) is 13.6 Å². The Balaban J connectivity index is 1.73. The second-order valence-electron chi connectivity index (χ2n) is 5.15. The van der Waals surface area contributed by atoms with Gasteiger partial charge in [-0.15, -0.1) is 0 Å². The van der Waals surface area contributed by atoms with E-state index in [9.17, 15) is 4.79 Å². The molecule has 1 heterocycles. The maximum Gasteiger partial charge on any atom is 0.239 e. The van der Waals surface area contributed by atoms with Crippen LogP contribution in [0.5, 0.6) is 11.5 Å². The molecule has 0 fully saturated rings. The number of ether oxygens (including phenoxy) is 2. The quantitative estimate of drug-likeness (QED) is 0.526. The molecule has 7 heteroatoms. The van der Waals surface area contributed by atoms with Crippen LogP contribution in [0.3, 0.4) is 0 Å². The van der Waals surface area contributed by atoms with Crippen LogP contribution in [0.1, 0.15) is 13.3 Å². The number of rotatable bonds is 6. The zero-order valence-electron chi connectivity index (χ0n) is 13.6. The van der Waals surface area contributed by atoms with Gasteiger partial charge in [0.25, 0.3) is 0 Å². The smallest absolute Gasteiger partial charge is 0.239 e. The number of aliphatic imine (C=N–C) groups is 1. The van der Waals surface area contributed by atoms with E-state index in [2.05, 4.69) is 20.9 Å². The van der Waals surface area contributed by atoms with Gasteiger partial charge in [0.15, 0.2) is 17.5 Å². The molecular weight excluding hydrogens is 296 g/mol. The summed E-state index contributed by atoms with van der Waals surface area (Å²) in [6.07, 6.45) is 0.802. The van der Waals surface area contributed by atoms with Crippen LogP contribution in [0.2, 0.25) is 0 Å². The van der Waals surface area contributed by atoms with Crippen molar-refractivity contribution in [1.82, 2.24) is 16.0 Å². The first-order valence-electron chi connectivity index (χ1n) is 7.82. The first kappa shape index (κ1) is 16.9. The van der Waals surface area contributed by atoms with Crippen molar-refractivity contribution in [3.05, 3.63) is 24.3 Å². The van der Waals surface area contributed by atoms with Crippen molar-refractivity contribution >= 4 is 11.9 Å². The summed E-state index contributed by atoms with van der Waals surface area (Å²) in [5, 5.41) is 8.90. The maximum atomic E-state index is 11.6. The molecule has 1 aliphatic rings. The number of para-hydroxylation sites is 2. The number of fused-ring (bicyclic) bond motifs is 1. The van der Waals surface area contributed by atoms with Crippen LogP contribution in [-0.4, -0.2) is 51.3 Å². The number of nitrogens with zero attached hydrogens (tertiary/aromatic N) is 1. The van der Waals surface area contributed by atoms with Gasteiger partial charge in [0.1, 0.15) is 12.7 Å². The van der Waals surface area contributed by atoms with Gasteiger partial charge in [-0.2, -0.15) is 0 Å². The van der Waals surface area contributed by atoms with Gasteiger partial charge in [0.05, 0.1) is 13.1 Å². The summed E-state index contributed by atoms with van der Waals surface area (Å²) in [7, 11) is 1.66. The monoisotopic (exact) mass is 320 g/mol. The molecule has 0 aliphatic carbocycles. The largest absolute Gasteiger partial charge is 0.486 e. The first-order valence-corrected chi connectivity index (χ1v) is 7.82. The molecule has 0 spiro atoms. The minimum Gasteiger partial charge on any atom is -0.486 e. The molecule has 1 aliphatic heterocycles. The Bertz CT molecular complexity index is 548. The maximum absolute atomic E-state index is 11.6. The van der Waals surface area contributed by atoms with E-state index in [1.807, 2.05) is 31.2 Å². The lowest BCUT2D eigenvalue weighted by atomic mass is 10.2. The number of hydrogen-bond acceptors (Lipinski definition) is 4. The minimum atomic E-state index is -0.114.